The van der Waals surface area contributed by atoms with Crippen molar-refractivity contribution in [2.75, 3.05) is 32.7 Å². The first-order chi connectivity index (χ1) is 11.1. The van der Waals surface area contributed by atoms with Gasteiger partial charge in [0.1, 0.15) is 5.69 Å². The Bertz CT molecular complexity index is 687. The molecule has 2 aromatic rings. The van der Waals surface area contributed by atoms with E-state index in [4.69, 9.17) is 0 Å². The van der Waals surface area contributed by atoms with E-state index in [1.807, 2.05) is 30.3 Å². The van der Waals surface area contributed by atoms with Gasteiger partial charge in [0.25, 0.3) is 5.91 Å². The second kappa shape index (κ2) is 5.65. The van der Waals surface area contributed by atoms with E-state index in [0.29, 0.717) is 31.7 Å². The van der Waals surface area contributed by atoms with E-state index in [0.717, 1.165) is 24.0 Å². The van der Waals surface area contributed by atoms with Crippen molar-refractivity contribution in [1.82, 2.24) is 14.8 Å². The fraction of sp³-hybridized carbons (Fsp3) is 0.500. The molecule has 122 valence electrons. The van der Waals surface area contributed by atoms with Crippen molar-refractivity contribution in [3.8, 4) is 0 Å². The number of aliphatic hydroxyl groups is 1. The highest BCUT2D eigenvalue weighted by Gasteiger charge is 2.40. The summed E-state index contributed by atoms with van der Waals surface area (Å²) < 4.78 is 0. The number of β-amino-alcohol motifs (C(OH)–C–C–N with tert-alkyl or cyclic N) is 1. The van der Waals surface area contributed by atoms with Crippen LogP contribution in [0.1, 0.15) is 29.8 Å². The summed E-state index contributed by atoms with van der Waals surface area (Å²) in [5.74, 6) is -0.0152. The maximum Gasteiger partial charge on any atom is 0.270 e. The minimum atomic E-state index is -0.758. The molecule has 0 unspecified atom stereocenters. The molecule has 5 heteroatoms. The maximum absolute atomic E-state index is 12.7. The van der Waals surface area contributed by atoms with Crippen LogP contribution in [0.5, 0.6) is 0 Å². The summed E-state index contributed by atoms with van der Waals surface area (Å²) in [4.78, 5) is 20.0. The Morgan fingerprint density at radius 3 is 2.78 bits per heavy atom. The Labute approximate surface area is 135 Å². The van der Waals surface area contributed by atoms with Gasteiger partial charge in [0, 0.05) is 24.0 Å². The average molecular weight is 313 g/mol. The van der Waals surface area contributed by atoms with Crippen LogP contribution in [0.15, 0.2) is 30.3 Å². The summed E-state index contributed by atoms with van der Waals surface area (Å²) in [6.45, 7) is 3.87. The molecule has 2 aliphatic heterocycles. The summed E-state index contributed by atoms with van der Waals surface area (Å²) in [7, 11) is 0. The number of likely N-dealkylation sites (tertiary alicyclic amines) is 2. The summed E-state index contributed by atoms with van der Waals surface area (Å²) in [5.41, 5.74) is 0.824. The molecule has 2 saturated heterocycles. The first kappa shape index (κ1) is 14.7. The van der Waals surface area contributed by atoms with Crippen LogP contribution in [0.4, 0.5) is 0 Å². The minimum absolute atomic E-state index is 0.0152. The van der Waals surface area contributed by atoms with Crippen LogP contribution in [0.2, 0.25) is 0 Å². The molecule has 0 radical (unpaired) electrons. The van der Waals surface area contributed by atoms with E-state index < -0.39 is 5.60 Å². The van der Waals surface area contributed by atoms with Crippen molar-refractivity contribution in [3.63, 3.8) is 0 Å². The fourth-order valence-electron chi connectivity index (χ4n) is 3.87. The Kier molecular flexibility index (Phi) is 3.62. The number of para-hydroxylation sites is 1. The number of hydrogen-bond donors (Lipinski definition) is 2. The van der Waals surface area contributed by atoms with E-state index in [9.17, 15) is 9.90 Å². The van der Waals surface area contributed by atoms with Gasteiger partial charge in [-0.1, -0.05) is 18.2 Å². The number of nitrogens with zero attached hydrogens (tertiary/aromatic N) is 2. The molecule has 0 saturated carbocycles. The Morgan fingerprint density at radius 1 is 1.22 bits per heavy atom. The monoisotopic (exact) mass is 313 g/mol. The topological polar surface area (TPSA) is 59.6 Å². The molecule has 1 aromatic heterocycles. The zero-order valence-corrected chi connectivity index (χ0v) is 13.3. The third-order valence-electron chi connectivity index (χ3n) is 5.10. The lowest BCUT2D eigenvalue weighted by Gasteiger charge is -2.28. The molecule has 3 heterocycles. The predicted octanol–water partition coefficient (Wildman–Crippen LogP) is 1.84. The molecule has 0 spiro atoms. The number of fused-ring (bicyclic) bond motifs is 1. The molecular formula is C18H23N3O2. The van der Waals surface area contributed by atoms with Crippen LogP contribution in [-0.4, -0.2) is 64.1 Å². The number of nitrogens with one attached hydrogen (secondary N) is 1. The van der Waals surface area contributed by atoms with E-state index in [1.54, 1.807) is 4.90 Å². The maximum atomic E-state index is 12.7. The van der Waals surface area contributed by atoms with Crippen molar-refractivity contribution in [2.24, 2.45) is 0 Å². The number of H-pyrrole nitrogens is 1. The lowest BCUT2D eigenvalue weighted by atomic mass is 10.0. The summed E-state index contributed by atoms with van der Waals surface area (Å²) in [5, 5.41) is 11.9. The van der Waals surface area contributed by atoms with Gasteiger partial charge in [-0.05, 0) is 44.5 Å². The van der Waals surface area contributed by atoms with Gasteiger partial charge in [0.2, 0.25) is 0 Å². The van der Waals surface area contributed by atoms with Gasteiger partial charge in [-0.25, -0.2) is 0 Å². The molecule has 1 aromatic carbocycles. The summed E-state index contributed by atoms with van der Waals surface area (Å²) in [6.07, 6.45) is 3.09. The Balaban J connectivity index is 1.46. The SMILES string of the molecule is O=C(c1cc2ccccc2[nH]1)N1CC[C@@](O)(CN2CCCC2)C1. The van der Waals surface area contributed by atoms with E-state index >= 15 is 0 Å². The van der Waals surface area contributed by atoms with E-state index in [2.05, 4.69) is 9.88 Å². The molecule has 5 nitrogen and oxygen atoms in total. The van der Waals surface area contributed by atoms with Crippen molar-refractivity contribution in [1.29, 1.82) is 0 Å². The van der Waals surface area contributed by atoms with Gasteiger partial charge in [-0.2, -0.15) is 0 Å². The van der Waals surface area contributed by atoms with Crippen LogP contribution < -0.4 is 0 Å². The molecule has 4 rings (SSSR count). The number of aromatic nitrogens is 1. The second-order valence-electron chi connectivity index (χ2n) is 6.95. The lowest BCUT2D eigenvalue weighted by Crippen LogP contribution is -2.45. The smallest absolute Gasteiger partial charge is 0.270 e. The molecule has 1 amide bonds. The van der Waals surface area contributed by atoms with Crippen molar-refractivity contribution in [2.45, 2.75) is 24.9 Å². The molecular weight excluding hydrogens is 290 g/mol. The zero-order chi connectivity index (χ0) is 15.9. The highest BCUT2D eigenvalue weighted by molar-refractivity contribution is 5.98. The third-order valence-corrected chi connectivity index (χ3v) is 5.10. The van der Waals surface area contributed by atoms with Gasteiger partial charge < -0.3 is 19.9 Å². The number of rotatable bonds is 3. The summed E-state index contributed by atoms with van der Waals surface area (Å²) >= 11 is 0. The van der Waals surface area contributed by atoms with Gasteiger partial charge in [0.05, 0.1) is 12.1 Å². The minimum Gasteiger partial charge on any atom is -0.387 e. The lowest BCUT2D eigenvalue weighted by molar-refractivity contribution is 0.0175. The molecule has 0 aliphatic carbocycles. The van der Waals surface area contributed by atoms with Crippen LogP contribution in [0.3, 0.4) is 0 Å². The van der Waals surface area contributed by atoms with Crippen molar-refractivity contribution < 1.29 is 9.90 Å². The van der Waals surface area contributed by atoms with Crippen LogP contribution >= 0.6 is 0 Å². The molecule has 2 N–H and O–H groups in total. The first-order valence-corrected chi connectivity index (χ1v) is 8.45. The average Bonchev–Trinajstić information content (AvgIpc) is 3.26. The summed E-state index contributed by atoms with van der Waals surface area (Å²) in [6, 6.07) is 9.79. The highest BCUT2D eigenvalue weighted by atomic mass is 16.3. The predicted molar refractivity (Wildman–Crippen MR) is 89.4 cm³/mol. The standard InChI is InChI=1S/C18H23N3O2/c22-17(16-11-14-5-1-2-6-15(14)19-16)21-10-7-18(23,13-21)12-20-8-3-4-9-20/h1-2,5-6,11,19,23H,3-4,7-10,12-13H2/t18-/m1/s1. The van der Waals surface area contributed by atoms with Crippen LogP contribution in [-0.2, 0) is 0 Å². The first-order valence-electron chi connectivity index (χ1n) is 8.45. The highest BCUT2D eigenvalue weighted by Crippen LogP contribution is 2.26. The van der Waals surface area contributed by atoms with Crippen LogP contribution in [0.25, 0.3) is 10.9 Å². The van der Waals surface area contributed by atoms with Gasteiger partial charge in [-0.15, -0.1) is 0 Å². The van der Waals surface area contributed by atoms with Crippen LogP contribution in [0, 0.1) is 0 Å². The molecule has 2 aliphatic rings. The molecule has 2 fully saturated rings. The zero-order valence-electron chi connectivity index (χ0n) is 13.3. The third kappa shape index (κ3) is 2.86. The van der Waals surface area contributed by atoms with E-state index in [1.165, 1.54) is 12.8 Å². The fourth-order valence-corrected chi connectivity index (χ4v) is 3.87. The quantitative estimate of drug-likeness (QED) is 0.909. The number of benzene rings is 1. The second-order valence-corrected chi connectivity index (χ2v) is 6.95. The Hall–Kier alpha value is -1.85. The van der Waals surface area contributed by atoms with E-state index in [-0.39, 0.29) is 5.91 Å². The Morgan fingerprint density at radius 2 is 2.00 bits per heavy atom. The van der Waals surface area contributed by atoms with Crippen molar-refractivity contribution in [3.05, 3.63) is 36.0 Å². The number of carbonyl (C=O) groups is 1. The molecule has 0 bridgehead atoms. The largest absolute Gasteiger partial charge is 0.387 e. The van der Waals surface area contributed by atoms with Gasteiger partial charge in [0.15, 0.2) is 0 Å². The van der Waals surface area contributed by atoms with Crippen molar-refractivity contribution >= 4 is 16.8 Å². The number of aromatic amines is 1. The number of amides is 1. The normalized spacial score (nSPS) is 25.5. The number of hydrogen-bond acceptors (Lipinski definition) is 3. The van der Waals surface area contributed by atoms with Gasteiger partial charge in [-0.3, -0.25) is 4.79 Å². The number of carbonyl (C=O) groups excluding carboxylic acids is 1. The molecule has 1 atom stereocenters. The van der Waals surface area contributed by atoms with Gasteiger partial charge >= 0.3 is 0 Å². The molecule has 23 heavy (non-hydrogen) atoms.